The predicted octanol–water partition coefficient (Wildman–Crippen LogP) is 4.85. The summed E-state index contributed by atoms with van der Waals surface area (Å²) >= 11 is 6.23. The van der Waals surface area contributed by atoms with Gasteiger partial charge in [-0.25, -0.2) is 0 Å². The molecule has 0 aromatic heterocycles. The smallest absolute Gasteiger partial charge is 0.0451 e. The minimum absolute atomic E-state index is 0.792. The van der Waals surface area contributed by atoms with E-state index in [2.05, 4.69) is 49.5 Å². The van der Waals surface area contributed by atoms with Crippen LogP contribution in [-0.2, 0) is 19.4 Å². The van der Waals surface area contributed by atoms with Crippen LogP contribution < -0.4 is 5.32 Å². The second kappa shape index (κ2) is 6.92. The van der Waals surface area contributed by atoms with Gasteiger partial charge in [-0.3, -0.25) is 0 Å². The molecule has 0 saturated carbocycles. The number of hydrogen-bond acceptors (Lipinski definition) is 1. The Labute approximate surface area is 127 Å². The summed E-state index contributed by atoms with van der Waals surface area (Å²) in [5, 5.41) is 3.98. The SMILES string of the molecule is CCc1ccc(-c2ccc(Cl)c(CNC)c2)cc1CC. The van der Waals surface area contributed by atoms with Crippen molar-refractivity contribution in [3.8, 4) is 11.1 Å². The third-order valence-corrected chi connectivity index (χ3v) is 4.08. The van der Waals surface area contributed by atoms with Gasteiger partial charge in [0.25, 0.3) is 0 Å². The molecule has 1 N–H and O–H groups in total. The zero-order valence-corrected chi connectivity index (χ0v) is 13.2. The van der Waals surface area contributed by atoms with Gasteiger partial charge in [0.1, 0.15) is 0 Å². The lowest BCUT2D eigenvalue weighted by Crippen LogP contribution is -2.05. The van der Waals surface area contributed by atoms with Crippen LogP contribution in [0.2, 0.25) is 5.02 Å². The Morgan fingerprint density at radius 1 is 0.850 bits per heavy atom. The molecular weight excluding hydrogens is 266 g/mol. The Kier molecular flexibility index (Phi) is 5.22. The van der Waals surface area contributed by atoms with Gasteiger partial charge in [0.05, 0.1) is 0 Å². The number of nitrogens with one attached hydrogen (secondary N) is 1. The molecule has 0 radical (unpaired) electrons. The second-order valence-electron chi connectivity index (χ2n) is 5.03. The molecule has 0 heterocycles. The van der Waals surface area contributed by atoms with Gasteiger partial charge in [-0.15, -0.1) is 0 Å². The van der Waals surface area contributed by atoms with E-state index in [4.69, 9.17) is 11.6 Å². The van der Waals surface area contributed by atoms with Gasteiger partial charge < -0.3 is 5.32 Å². The first-order valence-electron chi connectivity index (χ1n) is 7.24. The lowest BCUT2D eigenvalue weighted by Gasteiger charge is -2.11. The highest BCUT2D eigenvalue weighted by Crippen LogP contribution is 2.27. The normalized spacial score (nSPS) is 10.8. The molecule has 0 aliphatic rings. The Morgan fingerprint density at radius 3 is 2.05 bits per heavy atom. The first-order chi connectivity index (χ1) is 9.69. The van der Waals surface area contributed by atoms with Crippen molar-refractivity contribution in [3.63, 3.8) is 0 Å². The standard InChI is InChI=1S/C18H22ClN/c1-4-13-6-7-15(10-14(13)5-2)16-8-9-18(19)17(11-16)12-20-3/h6-11,20H,4-5,12H2,1-3H3. The van der Waals surface area contributed by atoms with Crippen molar-refractivity contribution in [2.24, 2.45) is 0 Å². The van der Waals surface area contributed by atoms with E-state index in [1.54, 1.807) is 0 Å². The van der Waals surface area contributed by atoms with Crippen LogP contribution in [-0.4, -0.2) is 7.05 Å². The van der Waals surface area contributed by atoms with Gasteiger partial charge in [-0.1, -0.05) is 49.7 Å². The van der Waals surface area contributed by atoms with Crippen molar-refractivity contribution in [3.05, 3.63) is 58.1 Å². The first kappa shape index (κ1) is 15.1. The monoisotopic (exact) mass is 287 g/mol. The van der Waals surface area contributed by atoms with Crippen molar-refractivity contribution < 1.29 is 0 Å². The maximum atomic E-state index is 6.23. The van der Waals surface area contributed by atoms with Crippen molar-refractivity contribution in [1.82, 2.24) is 5.32 Å². The Morgan fingerprint density at radius 2 is 1.45 bits per heavy atom. The van der Waals surface area contributed by atoms with E-state index in [0.717, 1.165) is 30.0 Å². The van der Waals surface area contributed by atoms with Crippen molar-refractivity contribution in [2.75, 3.05) is 7.05 Å². The summed E-state index contributed by atoms with van der Waals surface area (Å²) in [6, 6.07) is 13.0. The maximum absolute atomic E-state index is 6.23. The summed E-state index contributed by atoms with van der Waals surface area (Å²) < 4.78 is 0. The molecular formula is C18H22ClN. The van der Waals surface area contributed by atoms with Crippen LogP contribution >= 0.6 is 11.6 Å². The van der Waals surface area contributed by atoms with Crippen LogP contribution in [0.3, 0.4) is 0 Å². The molecule has 2 heteroatoms. The summed E-state index contributed by atoms with van der Waals surface area (Å²) in [5.41, 5.74) is 6.53. The third-order valence-electron chi connectivity index (χ3n) is 3.71. The fourth-order valence-corrected chi connectivity index (χ4v) is 2.74. The highest BCUT2D eigenvalue weighted by atomic mass is 35.5. The lowest BCUT2D eigenvalue weighted by molar-refractivity contribution is 0.818. The first-order valence-corrected chi connectivity index (χ1v) is 7.62. The maximum Gasteiger partial charge on any atom is 0.0451 e. The van der Waals surface area contributed by atoms with Crippen molar-refractivity contribution >= 4 is 11.6 Å². The summed E-state index contributed by atoms with van der Waals surface area (Å²) in [4.78, 5) is 0. The van der Waals surface area contributed by atoms with E-state index < -0.39 is 0 Å². The zero-order chi connectivity index (χ0) is 14.5. The van der Waals surface area contributed by atoms with Crippen LogP contribution in [0.15, 0.2) is 36.4 Å². The van der Waals surface area contributed by atoms with Crippen molar-refractivity contribution in [1.29, 1.82) is 0 Å². The lowest BCUT2D eigenvalue weighted by atomic mass is 9.96. The molecule has 2 rings (SSSR count). The number of halogens is 1. The van der Waals surface area contributed by atoms with Crippen LogP contribution in [0.1, 0.15) is 30.5 Å². The van der Waals surface area contributed by atoms with E-state index in [1.165, 1.54) is 22.3 Å². The number of aryl methyl sites for hydroxylation is 2. The number of hydrogen-bond donors (Lipinski definition) is 1. The van der Waals surface area contributed by atoms with Crippen LogP contribution in [0, 0.1) is 0 Å². The molecule has 106 valence electrons. The molecule has 0 aliphatic heterocycles. The average Bonchev–Trinajstić information content (AvgIpc) is 2.49. The third kappa shape index (κ3) is 3.23. The van der Waals surface area contributed by atoms with Gasteiger partial charge in [0.2, 0.25) is 0 Å². The van der Waals surface area contributed by atoms with E-state index in [0.29, 0.717) is 0 Å². The molecule has 0 unspecified atom stereocenters. The van der Waals surface area contributed by atoms with Gasteiger partial charge in [-0.2, -0.15) is 0 Å². The van der Waals surface area contributed by atoms with Gasteiger partial charge >= 0.3 is 0 Å². The van der Waals surface area contributed by atoms with Crippen LogP contribution in [0.5, 0.6) is 0 Å². The number of rotatable bonds is 5. The molecule has 1 nitrogen and oxygen atoms in total. The molecule has 0 saturated heterocycles. The minimum atomic E-state index is 0.792. The molecule has 0 atom stereocenters. The number of benzene rings is 2. The summed E-state index contributed by atoms with van der Waals surface area (Å²) in [7, 11) is 1.94. The predicted molar refractivity (Wildman–Crippen MR) is 88.4 cm³/mol. The average molecular weight is 288 g/mol. The molecule has 0 amide bonds. The van der Waals surface area contributed by atoms with Crippen LogP contribution in [0.25, 0.3) is 11.1 Å². The molecule has 0 fully saturated rings. The highest BCUT2D eigenvalue weighted by molar-refractivity contribution is 6.31. The van der Waals surface area contributed by atoms with E-state index in [9.17, 15) is 0 Å². The van der Waals surface area contributed by atoms with Crippen LogP contribution in [0.4, 0.5) is 0 Å². The van der Waals surface area contributed by atoms with Gasteiger partial charge in [0.15, 0.2) is 0 Å². The molecule has 0 spiro atoms. The fraction of sp³-hybridized carbons (Fsp3) is 0.333. The minimum Gasteiger partial charge on any atom is -0.316 e. The summed E-state index contributed by atoms with van der Waals surface area (Å²) in [5.74, 6) is 0. The second-order valence-corrected chi connectivity index (χ2v) is 5.43. The molecule has 2 aromatic carbocycles. The Balaban J connectivity index is 2.43. The molecule has 2 aromatic rings. The summed E-state index contributed by atoms with van der Waals surface area (Å²) in [6.45, 7) is 5.22. The molecule has 20 heavy (non-hydrogen) atoms. The fourth-order valence-electron chi connectivity index (χ4n) is 2.56. The molecule has 0 aliphatic carbocycles. The largest absolute Gasteiger partial charge is 0.316 e. The van der Waals surface area contributed by atoms with E-state index in [-0.39, 0.29) is 0 Å². The van der Waals surface area contributed by atoms with E-state index >= 15 is 0 Å². The highest BCUT2D eigenvalue weighted by Gasteiger charge is 2.06. The topological polar surface area (TPSA) is 12.0 Å². The van der Waals surface area contributed by atoms with Gasteiger partial charge in [-0.05, 0) is 59.8 Å². The van der Waals surface area contributed by atoms with Gasteiger partial charge in [0, 0.05) is 11.6 Å². The zero-order valence-electron chi connectivity index (χ0n) is 12.5. The molecule has 0 bridgehead atoms. The van der Waals surface area contributed by atoms with Crippen molar-refractivity contribution in [2.45, 2.75) is 33.2 Å². The Bertz CT molecular complexity index is 590. The quantitative estimate of drug-likeness (QED) is 0.829. The van der Waals surface area contributed by atoms with E-state index in [1.807, 2.05) is 13.1 Å². The summed E-state index contributed by atoms with van der Waals surface area (Å²) in [6.07, 6.45) is 2.17. The Hall–Kier alpha value is -1.31.